The van der Waals surface area contributed by atoms with E-state index in [1.54, 1.807) is 31.9 Å². The number of nitrogens with one attached hydrogen (secondary N) is 2. The summed E-state index contributed by atoms with van der Waals surface area (Å²) in [7, 11) is 0. The van der Waals surface area contributed by atoms with Crippen molar-refractivity contribution in [3.63, 3.8) is 0 Å². The molecule has 10 heteroatoms. The van der Waals surface area contributed by atoms with Gasteiger partial charge in [0.25, 0.3) is 0 Å². The van der Waals surface area contributed by atoms with Gasteiger partial charge in [-0.25, -0.2) is 14.8 Å². The predicted octanol–water partition coefficient (Wildman–Crippen LogP) is 2.16. The summed E-state index contributed by atoms with van der Waals surface area (Å²) in [5, 5.41) is 5.88. The van der Waals surface area contributed by atoms with Crippen LogP contribution in [0.2, 0.25) is 0 Å². The minimum atomic E-state index is -0.852. The normalized spacial score (nSPS) is 20.0. The van der Waals surface area contributed by atoms with Gasteiger partial charge in [-0.15, -0.1) is 0 Å². The third-order valence-electron chi connectivity index (χ3n) is 6.63. The fourth-order valence-corrected chi connectivity index (χ4v) is 4.95. The molecular weight excluding hydrogens is 472 g/mol. The van der Waals surface area contributed by atoms with Crippen LogP contribution in [-0.4, -0.2) is 63.0 Å². The highest BCUT2D eigenvalue weighted by molar-refractivity contribution is 5.92. The average molecular weight is 509 g/mol. The van der Waals surface area contributed by atoms with E-state index in [4.69, 9.17) is 10.5 Å². The molecule has 2 aromatic rings. The largest absolute Gasteiger partial charge is 0.444 e. The molecule has 3 unspecified atom stereocenters. The van der Waals surface area contributed by atoms with Crippen LogP contribution in [0.15, 0.2) is 36.5 Å². The minimum absolute atomic E-state index is 0.0650. The molecular formula is C27H36N6O4. The summed E-state index contributed by atoms with van der Waals surface area (Å²) < 4.78 is 5.41. The zero-order valence-electron chi connectivity index (χ0n) is 21.7. The standard InChI is InChI=1S/C27H36N6O4/c1-27(2,3)37-26(36)32-21(14-17-8-5-4-6-9-17)24(35)33-13-7-10-22(33)23(34)30-19-11-12-20-18(15-19)16-29-25(28)31-20/h4-6,8-9,16,19,21-22H,7,10-15H2,1-3H3,(H,30,34)(H,32,36)(H2,28,29,31). The van der Waals surface area contributed by atoms with E-state index in [1.807, 2.05) is 30.3 Å². The second kappa shape index (κ2) is 11.1. The summed E-state index contributed by atoms with van der Waals surface area (Å²) in [6.45, 7) is 5.77. The molecule has 3 atom stereocenters. The molecule has 1 saturated heterocycles. The number of rotatable bonds is 6. The number of nitrogen functional groups attached to an aromatic ring is 1. The van der Waals surface area contributed by atoms with Gasteiger partial charge in [0, 0.05) is 30.9 Å². The second-order valence-electron chi connectivity index (χ2n) is 10.7. The van der Waals surface area contributed by atoms with Crippen molar-refractivity contribution in [2.24, 2.45) is 0 Å². The van der Waals surface area contributed by atoms with Crippen LogP contribution in [0.25, 0.3) is 0 Å². The first-order chi connectivity index (χ1) is 17.6. The van der Waals surface area contributed by atoms with Crippen molar-refractivity contribution in [2.75, 3.05) is 12.3 Å². The monoisotopic (exact) mass is 508 g/mol. The quantitative estimate of drug-likeness (QED) is 0.543. The summed E-state index contributed by atoms with van der Waals surface area (Å²) in [5.41, 5.74) is 7.80. The van der Waals surface area contributed by atoms with Crippen LogP contribution in [-0.2, 0) is 33.6 Å². The molecule has 4 rings (SSSR count). The number of hydrogen-bond donors (Lipinski definition) is 3. The number of hydrogen-bond acceptors (Lipinski definition) is 7. The number of aryl methyl sites for hydroxylation is 1. The Bertz CT molecular complexity index is 1130. The molecule has 0 spiro atoms. The van der Waals surface area contributed by atoms with Crippen molar-refractivity contribution in [1.29, 1.82) is 0 Å². The zero-order chi connectivity index (χ0) is 26.6. The Hall–Kier alpha value is -3.69. The lowest BCUT2D eigenvalue weighted by Crippen LogP contribution is -2.55. The zero-order valence-corrected chi connectivity index (χ0v) is 21.7. The lowest BCUT2D eigenvalue weighted by molar-refractivity contribution is -0.140. The summed E-state index contributed by atoms with van der Waals surface area (Å²) in [4.78, 5) is 49.6. The maximum Gasteiger partial charge on any atom is 0.408 e. The maximum absolute atomic E-state index is 13.7. The van der Waals surface area contributed by atoms with Crippen molar-refractivity contribution in [3.8, 4) is 0 Å². The first-order valence-corrected chi connectivity index (χ1v) is 12.8. The molecule has 1 fully saturated rings. The number of carbonyl (C=O) groups excluding carboxylic acids is 3. The van der Waals surface area contributed by atoms with Crippen molar-refractivity contribution in [1.82, 2.24) is 25.5 Å². The van der Waals surface area contributed by atoms with Crippen molar-refractivity contribution >= 4 is 23.9 Å². The molecule has 1 aliphatic carbocycles. The van der Waals surface area contributed by atoms with E-state index in [2.05, 4.69) is 20.6 Å². The van der Waals surface area contributed by atoms with Crippen LogP contribution in [0.5, 0.6) is 0 Å². The second-order valence-corrected chi connectivity index (χ2v) is 10.7. The van der Waals surface area contributed by atoms with Crippen LogP contribution >= 0.6 is 0 Å². The Morgan fingerprint density at radius 3 is 2.68 bits per heavy atom. The summed E-state index contributed by atoms with van der Waals surface area (Å²) >= 11 is 0. The van der Waals surface area contributed by atoms with Gasteiger partial charge in [0.1, 0.15) is 17.7 Å². The Morgan fingerprint density at radius 1 is 1.19 bits per heavy atom. The Kier molecular flexibility index (Phi) is 7.94. The van der Waals surface area contributed by atoms with Crippen LogP contribution in [0.4, 0.5) is 10.7 Å². The summed E-state index contributed by atoms with van der Waals surface area (Å²) in [6, 6.07) is 7.98. The first kappa shape index (κ1) is 26.4. The van der Waals surface area contributed by atoms with Gasteiger partial charge in [-0.1, -0.05) is 30.3 Å². The topological polar surface area (TPSA) is 140 Å². The van der Waals surface area contributed by atoms with Crippen molar-refractivity contribution < 1.29 is 19.1 Å². The number of amides is 3. The third kappa shape index (κ3) is 6.96. The molecule has 1 aliphatic heterocycles. The minimum Gasteiger partial charge on any atom is -0.444 e. The number of carbonyl (C=O) groups is 3. The fraction of sp³-hybridized carbons (Fsp3) is 0.519. The number of nitrogens with two attached hydrogens (primary N) is 1. The number of alkyl carbamates (subject to hydrolysis) is 1. The van der Waals surface area contributed by atoms with Crippen molar-refractivity contribution in [3.05, 3.63) is 53.3 Å². The average Bonchev–Trinajstić information content (AvgIpc) is 3.33. The molecule has 3 amide bonds. The van der Waals surface area contributed by atoms with E-state index in [1.165, 1.54) is 0 Å². The number of anilines is 1. The van der Waals surface area contributed by atoms with E-state index in [-0.39, 0.29) is 23.8 Å². The molecule has 0 saturated carbocycles. The molecule has 2 aliphatic rings. The SMILES string of the molecule is CC(C)(C)OC(=O)NC(Cc1ccccc1)C(=O)N1CCCC1C(=O)NC1CCc2nc(N)ncc2C1. The van der Waals surface area contributed by atoms with Crippen LogP contribution in [0.1, 0.15) is 56.9 Å². The molecule has 1 aromatic heterocycles. The Morgan fingerprint density at radius 2 is 1.95 bits per heavy atom. The summed E-state index contributed by atoms with van der Waals surface area (Å²) in [6.07, 6.45) is 4.72. The van der Waals surface area contributed by atoms with Crippen LogP contribution in [0, 0.1) is 0 Å². The van der Waals surface area contributed by atoms with Gasteiger partial charge >= 0.3 is 6.09 Å². The van der Waals surface area contributed by atoms with E-state index in [0.717, 1.165) is 29.7 Å². The number of likely N-dealkylation sites (tertiary alicyclic amines) is 1. The van der Waals surface area contributed by atoms with Gasteiger partial charge in [0.05, 0.1) is 0 Å². The van der Waals surface area contributed by atoms with Crippen molar-refractivity contribution in [2.45, 2.75) is 83.0 Å². The van der Waals surface area contributed by atoms with E-state index >= 15 is 0 Å². The smallest absolute Gasteiger partial charge is 0.408 e. The van der Waals surface area contributed by atoms with Gasteiger partial charge < -0.3 is 26.0 Å². The molecule has 10 nitrogen and oxygen atoms in total. The maximum atomic E-state index is 13.7. The van der Waals surface area contributed by atoms with Gasteiger partial charge in [-0.05, 0) is 64.0 Å². The van der Waals surface area contributed by atoms with E-state index in [9.17, 15) is 14.4 Å². The fourth-order valence-electron chi connectivity index (χ4n) is 4.95. The number of fused-ring (bicyclic) bond motifs is 1. The van der Waals surface area contributed by atoms with Gasteiger partial charge in [-0.2, -0.15) is 0 Å². The van der Waals surface area contributed by atoms with E-state index in [0.29, 0.717) is 32.2 Å². The number of nitrogens with zero attached hydrogens (tertiary/aromatic N) is 3. The molecule has 198 valence electrons. The predicted molar refractivity (Wildman–Crippen MR) is 138 cm³/mol. The number of ether oxygens (including phenoxy) is 1. The van der Waals surface area contributed by atoms with Crippen LogP contribution < -0.4 is 16.4 Å². The highest BCUT2D eigenvalue weighted by atomic mass is 16.6. The first-order valence-electron chi connectivity index (χ1n) is 12.8. The highest BCUT2D eigenvalue weighted by Gasteiger charge is 2.39. The van der Waals surface area contributed by atoms with Gasteiger partial charge in [0.15, 0.2) is 0 Å². The van der Waals surface area contributed by atoms with E-state index < -0.39 is 23.8 Å². The number of aromatic nitrogens is 2. The lowest BCUT2D eigenvalue weighted by Gasteiger charge is -2.31. The third-order valence-corrected chi connectivity index (χ3v) is 6.63. The molecule has 1 aromatic carbocycles. The molecule has 0 bridgehead atoms. The molecule has 4 N–H and O–H groups in total. The molecule has 2 heterocycles. The van der Waals surface area contributed by atoms with Gasteiger partial charge in [0.2, 0.25) is 17.8 Å². The Balaban J connectivity index is 1.44. The summed E-state index contributed by atoms with van der Waals surface area (Å²) in [5.74, 6) is -0.206. The molecule has 0 radical (unpaired) electrons. The molecule has 37 heavy (non-hydrogen) atoms. The van der Waals surface area contributed by atoms with Crippen LogP contribution in [0.3, 0.4) is 0 Å². The van der Waals surface area contributed by atoms with Gasteiger partial charge in [-0.3, -0.25) is 9.59 Å². The lowest BCUT2D eigenvalue weighted by atomic mass is 9.92. The Labute approximate surface area is 217 Å². The number of benzene rings is 1. The highest BCUT2D eigenvalue weighted by Crippen LogP contribution is 2.23.